The summed E-state index contributed by atoms with van der Waals surface area (Å²) in [5, 5.41) is 14.8. The first-order valence-corrected chi connectivity index (χ1v) is 15.0. The maximum atomic E-state index is 13.5. The Kier molecular flexibility index (Phi) is 10.6. The molecule has 1 unspecified atom stereocenters. The number of aliphatic carboxylic acids is 1. The lowest BCUT2D eigenvalue weighted by molar-refractivity contribution is -0.138. The van der Waals surface area contributed by atoms with Gasteiger partial charge in [-0.25, -0.2) is 4.79 Å². The molecule has 0 fully saturated rings. The number of carboxylic acid groups (broad SMARTS) is 1. The number of benzene rings is 4. The van der Waals surface area contributed by atoms with Crippen molar-refractivity contribution in [2.75, 3.05) is 16.8 Å². The molecule has 0 spiro atoms. The summed E-state index contributed by atoms with van der Waals surface area (Å²) in [6.07, 6.45) is 6.18. The number of carboxylic acids is 1. The predicted molar refractivity (Wildman–Crippen MR) is 167 cm³/mol. The molecule has 208 valence electrons. The number of urea groups is 1. The number of carbonyl (C=O) groups excluding carboxylic acids is 1. The number of fused-ring (bicyclic) bond motifs is 1. The number of carbonyl (C=O) groups is 2. The average molecular weight is 555 g/mol. The van der Waals surface area contributed by atoms with Crippen molar-refractivity contribution in [3.05, 3.63) is 96.6 Å². The third-order valence-electron chi connectivity index (χ3n) is 7.10. The number of nitrogens with zero attached hydrogens (tertiary/aromatic N) is 1. The summed E-state index contributed by atoms with van der Waals surface area (Å²) in [6, 6.07) is 29.8. The monoisotopic (exact) mass is 554 g/mol. The molecule has 4 aromatic carbocycles. The molecule has 4 aromatic rings. The molecule has 0 aliphatic carbocycles. The fraction of sp³-hybridized carbons (Fsp3) is 0.294. The Morgan fingerprint density at radius 3 is 2.10 bits per heavy atom. The molecule has 0 heterocycles. The maximum absolute atomic E-state index is 13.5. The molecule has 0 aliphatic heterocycles. The minimum atomic E-state index is -0.793. The van der Waals surface area contributed by atoms with Crippen molar-refractivity contribution < 1.29 is 14.7 Å². The molecule has 0 radical (unpaired) electrons. The highest BCUT2D eigenvalue weighted by atomic mass is 32.2. The normalized spacial score (nSPS) is 11.8. The van der Waals surface area contributed by atoms with E-state index in [0.717, 1.165) is 50.3 Å². The van der Waals surface area contributed by atoms with Gasteiger partial charge in [0.15, 0.2) is 0 Å². The van der Waals surface area contributed by atoms with Gasteiger partial charge < -0.3 is 10.4 Å². The fourth-order valence-corrected chi connectivity index (χ4v) is 5.65. The summed E-state index contributed by atoms with van der Waals surface area (Å²) in [5.41, 5.74) is 2.46. The zero-order valence-electron chi connectivity index (χ0n) is 23.3. The first kappa shape index (κ1) is 29.2. The second-order valence-corrected chi connectivity index (χ2v) is 11.2. The summed E-state index contributed by atoms with van der Waals surface area (Å²) < 4.78 is 0. The van der Waals surface area contributed by atoms with E-state index in [1.807, 2.05) is 90.7 Å². The lowest BCUT2D eigenvalue weighted by Crippen LogP contribution is -2.35. The van der Waals surface area contributed by atoms with E-state index < -0.39 is 11.9 Å². The van der Waals surface area contributed by atoms with E-state index in [1.165, 1.54) is 19.3 Å². The van der Waals surface area contributed by atoms with Crippen molar-refractivity contribution >= 4 is 45.9 Å². The Labute approximate surface area is 241 Å². The van der Waals surface area contributed by atoms with Crippen molar-refractivity contribution in [2.24, 2.45) is 0 Å². The van der Waals surface area contributed by atoms with E-state index in [1.54, 1.807) is 11.8 Å². The van der Waals surface area contributed by atoms with E-state index >= 15 is 0 Å². The SMILES string of the molecule is CCCCCCCN(C(=O)Nc1ccc2ccccc2c1)c1ccc(Sc2ccc(C(CC)C(=O)O)cc2)cc1. The molecular formula is C34H38N2O3S. The first-order valence-electron chi connectivity index (χ1n) is 14.2. The van der Waals surface area contributed by atoms with E-state index in [2.05, 4.69) is 24.4 Å². The van der Waals surface area contributed by atoms with Gasteiger partial charge in [-0.15, -0.1) is 0 Å². The third kappa shape index (κ3) is 7.89. The number of anilines is 2. The highest BCUT2D eigenvalue weighted by Crippen LogP contribution is 2.31. The van der Waals surface area contributed by atoms with Crippen LogP contribution in [0.2, 0.25) is 0 Å². The Morgan fingerprint density at radius 1 is 0.800 bits per heavy atom. The maximum Gasteiger partial charge on any atom is 0.326 e. The van der Waals surface area contributed by atoms with Crippen molar-refractivity contribution in [1.82, 2.24) is 0 Å². The number of nitrogens with one attached hydrogen (secondary N) is 1. The van der Waals surface area contributed by atoms with Crippen LogP contribution in [0.1, 0.15) is 63.9 Å². The standard InChI is InChI=1S/C34H38N2O3S/c1-3-5-6-7-10-23-36(34(39)35-28-16-13-25-11-8-9-12-27(25)24-28)29-17-21-31(22-18-29)40-30-19-14-26(15-20-30)32(4-2)33(37)38/h8-9,11-22,24,32H,3-7,10,23H2,1-2H3,(H,35,39)(H,37,38). The van der Waals surface area contributed by atoms with Gasteiger partial charge in [0.05, 0.1) is 5.92 Å². The fourth-order valence-electron chi connectivity index (χ4n) is 4.83. The molecule has 0 saturated heterocycles. The average Bonchev–Trinajstić information content (AvgIpc) is 2.96. The van der Waals surface area contributed by atoms with E-state index in [9.17, 15) is 14.7 Å². The van der Waals surface area contributed by atoms with Crippen LogP contribution in [-0.2, 0) is 4.79 Å². The molecule has 0 aromatic heterocycles. The molecule has 4 rings (SSSR count). The Bertz CT molecular complexity index is 1400. The zero-order valence-corrected chi connectivity index (χ0v) is 24.1. The summed E-state index contributed by atoms with van der Waals surface area (Å²) >= 11 is 1.62. The largest absolute Gasteiger partial charge is 0.481 e. The van der Waals surface area contributed by atoms with Crippen LogP contribution < -0.4 is 10.2 Å². The smallest absolute Gasteiger partial charge is 0.326 e. The van der Waals surface area contributed by atoms with Crippen LogP contribution in [0.4, 0.5) is 16.2 Å². The molecule has 2 N–H and O–H groups in total. The van der Waals surface area contributed by atoms with Crippen LogP contribution >= 0.6 is 11.8 Å². The van der Waals surface area contributed by atoms with Gasteiger partial charge >= 0.3 is 12.0 Å². The van der Waals surface area contributed by atoms with E-state index in [-0.39, 0.29) is 6.03 Å². The summed E-state index contributed by atoms with van der Waals surface area (Å²) in [5.74, 6) is -1.27. The van der Waals surface area contributed by atoms with Crippen molar-refractivity contribution in [2.45, 2.75) is 68.1 Å². The lowest BCUT2D eigenvalue weighted by atomic mass is 9.97. The van der Waals surface area contributed by atoms with Crippen LogP contribution in [0.5, 0.6) is 0 Å². The Hall–Kier alpha value is -3.77. The number of unbranched alkanes of at least 4 members (excludes halogenated alkanes) is 4. The minimum Gasteiger partial charge on any atom is -0.481 e. The Morgan fingerprint density at radius 2 is 1.45 bits per heavy atom. The van der Waals surface area contributed by atoms with Gasteiger partial charge in [-0.05, 0) is 77.7 Å². The molecule has 6 heteroatoms. The van der Waals surface area contributed by atoms with E-state index in [0.29, 0.717) is 13.0 Å². The quantitative estimate of drug-likeness (QED) is 0.161. The predicted octanol–water partition coefficient (Wildman–Crippen LogP) is 9.58. The highest BCUT2D eigenvalue weighted by Gasteiger charge is 2.18. The third-order valence-corrected chi connectivity index (χ3v) is 8.12. The summed E-state index contributed by atoms with van der Waals surface area (Å²) in [6.45, 7) is 4.74. The van der Waals surface area contributed by atoms with E-state index in [4.69, 9.17) is 0 Å². The van der Waals surface area contributed by atoms with Crippen molar-refractivity contribution in [3.63, 3.8) is 0 Å². The Balaban J connectivity index is 1.46. The number of hydrogen-bond acceptors (Lipinski definition) is 3. The molecule has 0 saturated carbocycles. The molecule has 2 amide bonds. The van der Waals surface area contributed by atoms with Gasteiger partial charge in [0.1, 0.15) is 0 Å². The first-order chi connectivity index (χ1) is 19.5. The van der Waals surface area contributed by atoms with Gasteiger partial charge in [0.2, 0.25) is 0 Å². The summed E-state index contributed by atoms with van der Waals surface area (Å²) in [4.78, 5) is 28.9. The zero-order chi connectivity index (χ0) is 28.3. The van der Waals surface area contributed by atoms with Crippen LogP contribution in [-0.4, -0.2) is 23.7 Å². The van der Waals surface area contributed by atoms with Crippen molar-refractivity contribution in [1.29, 1.82) is 0 Å². The van der Waals surface area contributed by atoms with Gasteiger partial charge in [-0.2, -0.15) is 0 Å². The van der Waals surface area contributed by atoms with Crippen LogP contribution in [0.15, 0.2) is 101 Å². The van der Waals surface area contributed by atoms with Gasteiger partial charge in [0.25, 0.3) is 0 Å². The molecular weight excluding hydrogens is 516 g/mol. The van der Waals surface area contributed by atoms with Gasteiger partial charge in [-0.1, -0.05) is 93.8 Å². The number of amides is 2. The van der Waals surface area contributed by atoms with Crippen molar-refractivity contribution in [3.8, 4) is 0 Å². The summed E-state index contributed by atoms with van der Waals surface area (Å²) in [7, 11) is 0. The lowest BCUT2D eigenvalue weighted by Gasteiger charge is -2.24. The topological polar surface area (TPSA) is 69.6 Å². The molecule has 5 nitrogen and oxygen atoms in total. The highest BCUT2D eigenvalue weighted by molar-refractivity contribution is 7.99. The molecule has 1 atom stereocenters. The number of rotatable bonds is 13. The van der Waals surface area contributed by atoms with Crippen LogP contribution in [0.25, 0.3) is 10.8 Å². The second kappa shape index (κ2) is 14.6. The van der Waals surface area contributed by atoms with Crippen LogP contribution in [0.3, 0.4) is 0 Å². The molecule has 0 bridgehead atoms. The minimum absolute atomic E-state index is 0.134. The number of hydrogen-bond donors (Lipinski definition) is 2. The molecule has 40 heavy (non-hydrogen) atoms. The second-order valence-electron chi connectivity index (χ2n) is 10.0. The van der Waals surface area contributed by atoms with Gasteiger partial charge in [-0.3, -0.25) is 9.69 Å². The molecule has 0 aliphatic rings. The van der Waals surface area contributed by atoms with Gasteiger partial charge in [0, 0.05) is 27.7 Å². The van der Waals surface area contributed by atoms with Crippen LogP contribution in [0, 0.1) is 0 Å².